The Morgan fingerprint density at radius 1 is 1.27 bits per heavy atom. The van der Waals surface area contributed by atoms with Gasteiger partial charge in [0.15, 0.2) is 0 Å². The van der Waals surface area contributed by atoms with Gasteiger partial charge in [-0.05, 0) is 31.0 Å². The van der Waals surface area contributed by atoms with Crippen LogP contribution in [0.3, 0.4) is 0 Å². The third-order valence-corrected chi connectivity index (χ3v) is 2.92. The molecule has 0 unspecified atom stereocenters. The van der Waals surface area contributed by atoms with E-state index in [9.17, 15) is 9.18 Å². The van der Waals surface area contributed by atoms with Crippen LogP contribution in [0.25, 0.3) is 0 Å². The summed E-state index contributed by atoms with van der Waals surface area (Å²) in [6.45, 7) is 5.11. The van der Waals surface area contributed by atoms with Crippen molar-refractivity contribution in [1.82, 2.24) is 10.2 Å². The molecule has 0 amide bonds. The summed E-state index contributed by atoms with van der Waals surface area (Å²) in [5, 5.41) is 7.59. The minimum atomic E-state index is -0.639. The number of aromatic nitrogens is 2. The van der Waals surface area contributed by atoms with Crippen molar-refractivity contribution in [3.63, 3.8) is 0 Å². The molecule has 1 heterocycles. The van der Waals surface area contributed by atoms with Crippen LogP contribution in [0.15, 0.2) is 28.7 Å². The van der Waals surface area contributed by atoms with E-state index in [1.165, 1.54) is 12.1 Å². The molecule has 0 saturated heterocycles. The van der Waals surface area contributed by atoms with Crippen LogP contribution in [0.1, 0.15) is 36.5 Å². The van der Waals surface area contributed by atoms with Crippen LogP contribution >= 0.6 is 0 Å². The number of nitrogens with zero attached hydrogens (tertiary/aromatic N) is 3. The normalized spacial score (nSPS) is 10.5. The van der Waals surface area contributed by atoms with E-state index in [1.807, 2.05) is 11.8 Å². The molecule has 2 rings (SSSR count). The zero-order chi connectivity index (χ0) is 15.9. The van der Waals surface area contributed by atoms with E-state index in [-0.39, 0.29) is 24.3 Å². The molecule has 1 aromatic carbocycles. The van der Waals surface area contributed by atoms with Gasteiger partial charge in [0, 0.05) is 13.1 Å². The van der Waals surface area contributed by atoms with Crippen LogP contribution in [-0.2, 0) is 11.3 Å². The van der Waals surface area contributed by atoms with Crippen molar-refractivity contribution >= 4 is 12.0 Å². The van der Waals surface area contributed by atoms with Gasteiger partial charge < -0.3 is 14.1 Å². The smallest absolute Gasteiger partial charge is 0.396 e. The molecule has 7 heteroatoms. The van der Waals surface area contributed by atoms with Gasteiger partial charge in [-0.3, -0.25) is 0 Å². The average molecular weight is 307 g/mol. The molecule has 0 radical (unpaired) electrons. The molecular formula is C15H18FN3O3. The van der Waals surface area contributed by atoms with Gasteiger partial charge in [-0.15, -0.1) is 0 Å². The monoisotopic (exact) mass is 307 g/mol. The third-order valence-electron chi connectivity index (χ3n) is 2.92. The van der Waals surface area contributed by atoms with E-state index in [0.717, 1.165) is 12.0 Å². The van der Waals surface area contributed by atoms with Crippen molar-refractivity contribution in [2.24, 2.45) is 0 Å². The summed E-state index contributed by atoms with van der Waals surface area (Å²) >= 11 is 0. The lowest BCUT2D eigenvalue weighted by atomic mass is 10.2. The van der Waals surface area contributed by atoms with Gasteiger partial charge in [-0.2, -0.15) is 0 Å². The van der Waals surface area contributed by atoms with Crippen molar-refractivity contribution in [3.8, 4) is 0 Å². The van der Waals surface area contributed by atoms with Gasteiger partial charge in [0.25, 0.3) is 0 Å². The highest BCUT2D eigenvalue weighted by Gasteiger charge is 2.19. The van der Waals surface area contributed by atoms with Gasteiger partial charge in [-0.25, -0.2) is 9.18 Å². The second-order valence-electron chi connectivity index (χ2n) is 4.66. The number of rotatable bonds is 7. The van der Waals surface area contributed by atoms with Crippen molar-refractivity contribution in [3.05, 3.63) is 41.5 Å². The van der Waals surface area contributed by atoms with Crippen molar-refractivity contribution in [2.45, 2.75) is 26.8 Å². The van der Waals surface area contributed by atoms with Crippen LogP contribution < -0.4 is 4.90 Å². The minimum absolute atomic E-state index is 0.169. The lowest BCUT2D eigenvalue weighted by Crippen LogP contribution is -2.23. The van der Waals surface area contributed by atoms with E-state index in [4.69, 9.17) is 9.15 Å². The van der Waals surface area contributed by atoms with Crippen molar-refractivity contribution in [1.29, 1.82) is 0 Å². The van der Waals surface area contributed by atoms with E-state index in [0.29, 0.717) is 13.1 Å². The third kappa shape index (κ3) is 4.03. The van der Waals surface area contributed by atoms with E-state index >= 15 is 0 Å². The van der Waals surface area contributed by atoms with Gasteiger partial charge >= 0.3 is 17.9 Å². The number of benzene rings is 1. The Morgan fingerprint density at radius 2 is 2.00 bits per heavy atom. The fourth-order valence-electron chi connectivity index (χ4n) is 1.94. The average Bonchev–Trinajstić information content (AvgIpc) is 2.99. The quantitative estimate of drug-likeness (QED) is 0.733. The summed E-state index contributed by atoms with van der Waals surface area (Å²) in [5.41, 5.74) is 0.908. The van der Waals surface area contributed by atoms with Crippen LogP contribution in [-0.4, -0.2) is 29.3 Å². The Hall–Kier alpha value is -2.44. The molecule has 0 atom stereocenters. The largest absolute Gasteiger partial charge is 0.459 e. The molecular weight excluding hydrogens is 289 g/mol. The molecule has 0 aliphatic heterocycles. The molecule has 22 heavy (non-hydrogen) atoms. The highest BCUT2D eigenvalue weighted by molar-refractivity contribution is 5.84. The number of anilines is 1. The number of halogens is 1. The molecule has 0 N–H and O–H groups in total. The van der Waals surface area contributed by atoms with E-state index in [2.05, 4.69) is 10.2 Å². The van der Waals surface area contributed by atoms with Gasteiger partial charge in [0.2, 0.25) is 0 Å². The molecule has 0 bridgehead atoms. The summed E-state index contributed by atoms with van der Waals surface area (Å²) in [6, 6.07) is 6.44. The number of hydrogen-bond donors (Lipinski definition) is 0. The first kappa shape index (κ1) is 15.9. The van der Waals surface area contributed by atoms with E-state index in [1.54, 1.807) is 19.1 Å². The Bertz CT molecular complexity index is 613. The number of hydrogen-bond acceptors (Lipinski definition) is 6. The van der Waals surface area contributed by atoms with Gasteiger partial charge in [-0.1, -0.05) is 29.3 Å². The maximum atomic E-state index is 13.0. The number of carbonyl (C=O) groups excluding carboxylic acids is 1. The first-order valence-electron chi connectivity index (χ1n) is 7.14. The fourth-order valence-corrected chi connectivity index (χ4v) is 1.94. The topological polar surface area (TPSA) is 68.5 Å². The number of carbonyl (C=O) groups is 1. The maximum Gasteiger partial charge on any atom is 0.396 e. The Kier molecular flexibility index (Phi) is 5.46. The first-order chi connectivity index (χ1) is 10.6. The lowest BCUT2D eigenvalue weighted by molar-refractivity contribution is 0.0481. The standard InChI is InChI=1S/C15H18FN3O3/c1-3-9-19(10-11-5-7-12(16)8-6-11)15-18-17-13(22-15)14(20)21-4-2/h5-8H,3-4,9-10H2,1-2H3. The fraction of sp³-hybridized carbons (Fsp3) is 0.400. The van der Waals surface area contributed by atoms with Crippen LogP contribution in [0, 0.1) is 5.82 Å². The predicted molar refractivity (Wildman–Crippen MR) is 78.0 cm³/mol. The summed E-state index contributed by atoms with van der Waals surface area (Å²) in [5.74, 6) is -1.09. The number of ether oxygens (including phenoxy) is 1. The summed E-state index contributed by atoms with van der Waals surface area (Å²) in [7, 11) is 0. The highest BCUT2D eigenvalue weighted by atomic mass is 19.1. The predicted octanol–water partition coefficient (Wildman–Crippen LogP) is 2.80. The number of esters is 1. The molecule has 2 aromatic rings. The Morgan fingerprint density at radius 3 is 2.64 bits per heavy atom. The maximum absolute atomic E-state index is 13.0. The van der Waals surface area contributed by atoms with Crippen LogP contribution in [0.2, 0.25) is 0 Å². The highest BCUT2D eigenvalue weighted by Crippen LogP contribution is 2.17. The van der Waals surface area contributed by atoms with Crippen molar-refractivity contribution in [2.75, 3.05) is 18.1 Å². The molecule has 0 fully saturated rings. The second kappa shape index (κ2) is 7.53. The molecule has 1 aromatic heterocycles. The zero-order valence-corrected chi connectivity index (χ0v) is 12.6. The molecule has 118 valence electrons. The lowest BCUT2D eigenvalue weighted by Gasteiger charge is -2.19. The first-order valence-corrected chi connectivity index (χ1v) is 7.14. The molecule has 0 aliphatic carbocycles. The molecule has 0 spiro atoms. The van der Waals surface area contributed by atoms with Crippen LogP contribution in [0.5, 0.6) is 0 Å². The Labute approximate surface area is 127 Å². The minimum Gasteiger partial charge on any atom is -0.459 e. The Balaban J connectivity index is 2.13. The molecule has 0 saturated carbocycles. The molecule has 6 nitrogen and oxygen atoms in total. The SMILES string of the molecule is CCCN(Cc1ccc(F)cc1)c1nnc(C(=O)OCC)o1. The summed E-state index contributed by atoms with van der Waals surface area (Å²) in [6.07, 6.45) is 0.859. The van der Waals surface area contributed by atoms with E-state index < -0.39 is 5.97 Å². The molecule has 0 aliphatic rings. The summed E-state index contributed by atoms with van der Waals surface area (Å²) in [4.78, 5) is 13.4. The zero-order valence-electron chi connectivity index (χ0n) is 12.6. The van der Waals surface area contributed by atoms with Gasteiger partial charge in [0.1, 0.15) is 5.82 Å². The summed E-state index contributed by atoms with van der Waals surface area (Å²) < 4.78 is 23.1. The van der Waals surface area contributed by atoms with Crippen molar-refractivity contribution < 1.29 is 18.3 Å². The second-order valence-corrected chi connectivity index (χ2v) is 4.66. The van der Waals surface area contributed by atoms with Crippen LogP contribution in [0.4, 0.5) is 10.4 Å². The van der Waals surface area contributed by atoms with Gasteiger partial charge in [0.05, 0.1) is 6.61 Å².